The molecule has 26 aromatic rings. The minimum Gasteiger partial charge on any atom is -0.354 e. The summed E-state index contributed by atoms with van der Waals surface area (Å²) in [6, 6.07) is 158. The van der Waals surface area contributed by atoms with Crippen molar-refractivity contribution in [1.82, 2.24) is 57.7 Å². The van der Waals surface area contributed by atoms with Crippen molar-refractivity contribution in [3.8, 4) is 119 Å². The summed E-state index contributed by atoms with van der Waals surface area (Å²) >= 11 is 3.62. The van der Waals surface area contributed by atoms with Crippen molar-refractivity contribution >= 4 is 125 Å². The summed E-state index contributed by atoms with van der Waals surface area (Å²) in [5.74, 6) is 3.73. The van der Waals surface area contributed by atoms with Gasteiger partial charge in [0.1, 0.15) is 0 Å². The van der Waals surface area contributed by atoms with Gasteiger partial charge < -0.3 is 18.7 Å². The van der Waals surface area contributed by atoms with Crippen LogP contribution in [0.5, 0.6) is 0 Å². The molecular weight excluding hydrogens is 1670 g/mol. The Balaban J connectivity index is 0.000000120. The Bertz CT molecular complexity index is 8600. The van der Waals surface area contributed by atoms with Crippen molar-refractivity contribution < 1.29 is 0 Å². The third-order valence-electron chi connectivity index (χ3n) is 25.0. The van der Waals surface area contributed by atoms with Crippen LogP contribution < -0.4 is 0 Å². The summed E-state index contributed by atoms with van der Waals surface area (Å²) in [6.45, 7) is 0. The zero-order valence-corrected chi connectivity index (χ0v) is 72.3. The molecule has 1 N–H and O–H groups in total. The van der Waals surface area contributed by atoms with Crippen molar-refractivity contribution in [1.29, 1.82) is 0 Å². The van der Waals surface area contributed by atoms with Crippen LogP contribution in [0.15, 0.2) is 466 Å². The molecule has 0 aliphatic carbocycles. The number of hydrogen-bond donors (Lipinski definition) is 1. The van der Waals surface area contributed by atoms with Crippen LogP contribution in [0, 0.1) is 0 Å². The van der Waals surface area contributed by atoms with Gasteiger partial charge in [-0.3, -0.25) is 9.13 Å². The second-order valence-electron chi connectivity index (χ2n) is 32.8. The lowest BCUT2D eigenvalue weighted by Crippen LogP contribution is -2.06. The van der Waals surface area contributed by atoms with E-state index in [1.54, 1.807) is 0 Å². The summed E-state index contributed by atoms with van der Waals surface area (Å²) in [7, 11) is 0. The molecule has 0 fully saturated rings. The number of rotatable bonds is 13. The number of aromatic amines is 1. The first-order valence-electron chi connectivity index (χ1n) is 43.9. The summed E-state index contributed by atoms with van der Waals surface area (Å²) in [5, 5.41) is 11.9. The van der Waals surface area contributed by atoms with Gasteiger partial charge in [0.05, 0.1) is 49.7 Å². The van der Waals surface area contributed by atoms with Gasteiger partial charge in [0.25, 0.3) is 0 Å². The Morgan fingerprint density at radius 1 is 0.191 bits per heavy atom. The highest BCUT2D eigenvalue weighted by atomic mass is 79.9. The molecule has 0 aliphatic heterocycles. The third-order valence-corrected chi connectivity index (χ3v) is 25.5. The predicted octanol–water partition coefficient (Wildman–Crippen LogP) is 30.3. The van der Waals surface area contributed by atoms with E-state index in [0.717, 1.165) is 98.4 Å². The second-order valence-corrected chi connectivity index (χ2v) is 33.7. The molecule has 616 valence electrons. The Hall–Kier alpha value is -17.3. The monoisotopic (exact) mass is 1740 g/mol. The largest absolute Gasteiger partial charge is 0.354 e. The first kappa shape index (κ1) is 77.3. The Kier molecular flexibility index (Phi) is 19.4. The van der Waals surface area contributed by atoms with Gasteiger partial charge in [-0.15, -0.1) is 0 Å². The van der Waals surface area contributed by atoms with E-state index in [-0.39, 0.29) is 0 Å². The maximum atomic E-state index is 5.17. The van der Waals surface area contributed by atoms with Gasteiger partial charge in [0, 0.05) is 116 Å². The number of benzene rings is 18. The first-order chi connectivity index (χ1) is 64.9. The fourth-order valence-corrected chi connectivity index (χ4v) is 19.3. The molecule has 0 amide bonds. The number of H-pyrrole nitrogens is 1. The maximum absolute atomic E-state index is 5.17. The molecule has 131 heavy (non-hydrogen) atoms. The van der Waals surface area contributed by atoms with E-state index in [2.05, 4.69) is 378 Å². The fourth-order valence-electron chi connectivity index (χ4n) is 18.9. The Morgan fingerprint density at radius 2 is 0.511 bits per heavy atom. The summed E-state index contributed by atoms with van der Waals surface area (Å²) < 4.78 is 12.4. The molecule has 8 heterocycles. The van der Waals surface area contributed by atoms with Crippen LogP contribution in [0.25, 0.3) is 228 Å². The van der Waals surface area contributed by atoms with E-state index in [9.17, 15) is 0 Å². The van der Waals surface area contributed by atoms with Gasteiger partial charge in [-0.05, 0) is 166 Å². The average Bonchev–Trinajstić information content (AvgIpc) is 1.55. The van der Waals surface area contributed by atoms with Crippen LogP contribution in [-0.4, -0.2) is 57.7 Å². The quantitative estimate of drug-likeness (QED) is 0.123. The molecule has 26 rings (SSSR count). The van der Waals surface area contributed by atoms with Crippen LogP contribution in [-0.2, 0) is 0 Å². The normalized spacial score (nSPS) is 11.5. The predicted molar refractivity (Wildman–Crippen MR) is 543 cm³/mol. The zero-order chi connectivity index (χ0) is 86.8. The number of hydrogen-bond acceptors (Lipinski definition) is 6. The molecule has 0 aliphatic rings. The molecule has 0 bridgehead atoms. The molecule has 12 nitrogen and oxygen atoms in total. The maximum Gasteiger partial charge on any atom is 0.238 e. The van der Waals surface area contributed by atoms with E-state index in [4.69, 9.17) is 29.9 Å². The highest BCUT2D eigenvalue weighted by molar-refractivity contribution is 9.10. The minimum atomic E-state index is 0.573. The van der Waals surface area contributed by atoms with Crippen molar-refractivity contribution in [2.45, 2.75) is 0 Å². The van der Waals surface area contributed by atoms with E-state index in [1.807, 2.05) is 127 Å². The summed E-state index contributed by atoms with van der Waals surface area (Å²) in [5.41, 5.74) is 27.9. The highest BCUT2D eigenvalue weighted by Crippen LogP contribution is 2.44. The highest BCUT2D eigenvalue weighted by Gasteiger charge is 2.25. The van der Waals surface area contributed by atoms with E-state index >= 15 is 0 Å². The van der Waals surface area contributed by atoms with Crippen molar-refractivity contribution in [2.75, 3.05) is 0 Å². The van der Waals surface area contributed by atoms with Crippen LogP contribution in [0.3, 0.4) is 0 Å². The molecular formula is C118H77BrN12. The number of nitrogens with zero attached hydrogens (tertiary/aromatic N) is 11. The number of aromatic nitrogens is 12. The van der Waals surface area contributed by atoms with Crippen LogP contribution >= 0.6 is 15.9 Å². The van der Waals surface area contributed by atoms with Crippen LogP contribution in [0.4, 0.5) is 0 Å². The van der Waals surface area contributed by atoms with Gasteiger partial charge >= 0.3 is 0 Å². The topological polar surface area (TPSA) is 118 Å². The van der Waals surface area contributed by atoms with Gasteiger partial charge in [0.2, 0.25) is 11.9 Å². The Labute approximate surface area is 762 Å². The molecule has 0 unspecified atom stereocenters. The van der Waals surface area contributed by atoms with E-state index < -0.39 is 0 Å². The average molecular weight is 1740 g/mol. The molecule has 18 aromatic carbocycles. The molecule has 8 aromatic heterocycles. The van der Waals surface area contributed by atoms with Crippen molar-refractivity contribution in [3.63, 3.8) is 0 Å². The van der Waals surface area contributed by atoms with Gasteiger partial charge in [-0.25, -0.2) is 9.97 Å². The lowest BCUT2D eigenvalue weighted by molar-refractivity contribution is 0.953. The third kappa shape index (κ3) is 14.1. The molecule has 0 radical (unpaired) electrons. The van der Waals surface area contributed by atoms with E-state index in [0.29, 0.717) is 35.2 Å². The van der Waals surface area contributed by atoms with Gasteiger partial charge in [0.15, 0.2) is 23.3 Å². The molecule has 0 spiro atoms. The van der Waals surface area contributed by atoms with Gasteiger partial charge in [-0.2, -0.15) is 19.9 Å². The zero-order valence-electron chi connectivity index (χ0n) is 70.7. The second kappa shape index (κ2) is 32.9. The molecule has 0 saturated heterocycles. The SMILES string of the molecule is Brc1ccc2c(c1)c1ccccc1n2-c1nc(-c2ccccc2)nc(-c2ccccc2)n1.c1ccc(-c2cc(-c3ccccc3)cc(-n3ccc4c3ccc3c5ccccc5n(-c5ccc6c(c5)c5ccccc5n6-c5nc(-c6ccccc6)nc(-c6ccccc6)n5)c34)c2)cc1.c1ccc(-c2cc(-c3ccccc3)cc(-n3ccc4c5[nH]c6ccccc6c5ccc43)c2)cc1. The smallest absolute Gasteiger partial charge is 0.238 e. The first-order valence-corrected chi connectivity index (χ1v) is 44.7. The number of nitrogens with one attached hydrogen (secondary N) is 1. The van der Waals surface area contributed by atoms with Crippen LogP contribution in [0.1, 0.15) is 0 Å². The number of para-hydroxylation sites is 4. The van der Waals surface area contributed by atoms with Gasteiger partial charge in [-0.1, -0.05) is 344 Å². The van der Waals surface area contributed by atoms with Crippen molar-refractivity contribution in [3.05, 3.63) is 466 Å². The fraction of sp³-hybridized carbons (Fsp3) is 0. The van der Waals surface area contributed by atoms with Crippen molar-refractivity contribution in [2.24, 2.45) is 0 Å². The summed E-state index contributed by atoms with van der Waals surface area (Å²) in [4.78, 5) is 33.6. The molecule has 0 saturated carbocycles. The lowest BCUT2D eigenvalue weighted by Gasteiger charge is -2.14. The number of fused-ring (bicyclic) bond motifs is 16. The van der Waals surface area contributed by atoms with E-state index in [1.165, 1.54) is 98.9 Å². The summed E-state index contributed by atoms with van der Waals surface area (Å²) in [6.07, 6.45) is 4.42. The molecule has 13 heteroatoms. The lowest BCUT2D eigenvalue weighted by atomic mass is 9.98. The Morgan fingerprint density at radius 3 is 0.939 bits per heavy atom. The van der Waals surface area contributed by atoms with Crippen LogP contribution in [0.2, 0.25) is 0 Å². The molecule has 0 atom stereocenters. The number of halogens is 1. The minimum absolute atomic E-state index is 0.573. The standard InChI is InChI=1S/C59H38N6.C32H22N2.C27H17BrN4/c1-5-17-39(18-6-1)43-35-44(40-19-7-2-8-20-40)37-46(36-43)63-34-33-50-52(63)32-30-49-47-25-13-15-27-53(47)64(56(49)50)45-29-31-55-51(38-45)48-26-14-16-28-54(48)65(55)59-61-57(41-21-9-3-10-22-41)60-58(62-59)42-23-11-4-12-24-42;1-3-9-22(10-4-1)24-19-25(23-11-5-2-6-12-23)21-26(20-24)34-18-17-29-31(34)16-15-28-27-13-7-8-14-30(27)33-32(28)29;28-20-15-16-24-22(17-20)21-13-7-8-14-23(21)32(24)27-30-25(18-9-3-1-4-10-18)29-26(31-27)19-11-5-2-6-12-19/h1-38H;1-21,33H;1-17H.